The number of hydrogen-bond donors (Lipinski definition) is 1. The SMILES string of the molecule is CC/C=C1/OC2(CCNCC2)c2c(C)ccn2/C1=C/CC. The van der Waals surface area contributed by atoms with Gasteiger partial charge < -0.3 is 14.6 Å². The van der Waals surface area contributed by atoms with Crippen molar-refractivity contribution in [3.8, 4) is 0 Å². The summed E-state index contributed by atoms with van der Waals surface area (Å²) in [5.74, 6) is 1.06. The average Bonchev–Trinajstić information content (AvgIpc) is 2.87. The van der Waals surface area contributed by atoms with Gasteiger partial charge in [-0.1, -0.05) is 19.9 Å². The van der Waals surface area contributed by atoms with Crippen molar-refractivity contribution < 1.29 is 4.74 Å². The molecule has 2 aliphatic rings. The second kappa shape index (κ2) is 5.72. The van der Waals surface area contributed by atoms with Gasteiger partial charge in [0.15, 0.2) is 5.60 Å². The molecule has 1 N–H and O–H groups in total. The van der Waals surface area contributed by atoms with Crippen LogP contribution in [0.4, 0.5) is 0 Å². The largest absolute Gasteiger partial charge is 0.479 e. The Morgan fingerprint density at radius 3 is 2.62 bits per heavy atom. The van der Waals surface area contributed by atoms with Crippen LogP contribution in [0.25, 0.3) is 5.70 Å². The summed E-state index contributed by atoms with van der Waals surface area (Å²) in [7, 11) is 0. The minimum Gasteiger partial charge on any atom is -0.479 e. The maximum absolute atomic E-state index is 6.62. The van der Waals surface area contributed by atoms with Gasteiger partial charge in [-0.05, 0) is 50.6 Å². The molecular formula is C18H26N2O. The Morgan fingerprint density at radius 1 is 1.24 bits per heavy atom. The summed E-state index contributed by atoms with van der Waals surface area (Å²) in [5.41, 5.74) is 3.77. The van der Waals surface area contributed by atoms with Gasteiger partial charge in [0.2, 0.25) is 0 Å². The minimum absolute atomic E-state index is 0.148. The summed E-state index contributed by atoms with van der Waals surface area (Å²) >= 11 is 0. The molecule has 1 aromatic heterocycles. The number of aromatic nitrogens is 1. The van der Waals surface area contributed by atoms with Crippen LogP contribution >= 0.6 is 0 Å². The summed E-state index contributed by atoms with van der Waals surface area (Å²) in [6, 6.07) is 2.22. The predicted octanol–water partition coefficient (Wildman–Crippen LogP) is 3.95. The van der Waals surface area contributed by atoms with Gasteiger partial charge >= 0.3 is 0 Å². The lowest BCUT2D eigenvalue weighted by Crippen LogP contribution is -2.45. The van der Waals surface area contributed by atoms with Crippen molar-refractivity contribution in [3.63, 3.8) is 0 Å². The van der Waals surface area contributed by atoms with Gasteiger partial charge in [-0.25, -0.2) is 0 Å². The molecule has 0 radical (unpaired) electrons. The maximum Gasteiger partial charge on any atom is 0.152 e. The van der Waals surface area contributed by atoms with Crippen molar-refractivity contribution in [3.05, 3.63) is 41.4 Å². The zero-order valence-corrected chi connectivity index (χ0v) is 13.4. The molecule has 0 unspecified atom stereocenters. The van der Waals surface area contributed by atoms with Crippen molar-refractivity contribution in [2.45, 2.75) is 52.1 Å². The van der Waals surface area contributed by atoms with Gasteiger partial charge in [-0.2, -0.15) is 0 Å². The number of allylic oxidation sites excluding steroid dienone is 3. The van der Waals surface area contributed by atoms with E-state index in [0.717, 1.165) is 44.5 Å². The summed E-state index contributed by atoms with van der Waals surface area (Å²) in [6.07, 6.45) is 10.8. The molecule has 1 spiro atoms. The Kier molecular flexibility index (Phi) is 3.94. The first kappa shape index (κ1) is 14.5. The van der Waals surface area contributed by atoms with E-state index in [1.165, 1.54) is 17.0 Å². The highest BCUT2D eigenvalue weighted by atomic mass is 16.5. The smallest absolute Gasteiger partial charge is 0.152 e. The predicted molar refractivity (Wildman–Crippen MR) is 87.0 cm³/mol. The first-order chi connectivity index (χ1) is 10.2. The first-order valence-electron chi connectivity index (χ1n) is 8.21. The molecule has 0 aromatic carbocycles. The molecule has 0 saturated carbocycles. The van der Waals surface area contributed by atoms with Crippen LogP contribution in [0.3, 0.4) is 0 Å². The van der Waals surface area contributed by atoms with Gasteiger partial charge in [-0.3, -0.25) is 0 Å². The number of aryl methyl sites for hydroxylation is 1. The van der Waals surface area contributed by atoms with E-state index in [1.807, 2.05) is 0 Å². The fourth-order valence-electron chi connectivity index (χ4n) is 3.63. The topological polar surface area (TPSA) is 26.2 Å². The van der Waals surface area contributed by atoms with Crippen LogP contribution in [0.5, 0.6) is 0 Å². The molecule has 2 aliphatic heterocycles. The summed E-state index contributed by atoms with van der Waals surface area (Å²) in [4.78, 5) is 0. The lowest BCUT2D eigenvalue weighted by molar-refractivity contribution is -0.0354. The third-order valence-corrected chi connectivity index (χ3v) is 4.54. The summed E-state index contributed by atoms with van der Waals surface area (Å²) in [6.45, 7) is 8.61. The normalized spacial score (nSPS) is 24.3. The van der Waals surface area contributed by atoms with E-state index in [1.54, 1.807) is 0 Å². The van der Waals surface area contributed by atoms with Crippen LogP contribution < -0.4 is 5.32 Å². The van der Waals surface area contributed by atoms with Crippen LogP contribution in [-0.4, -0.2) is 17.7 Å². The molecule has 3 heterocycles. The molecule has 0 aliphatic carbocycles. The standard InChI is InChI=1S/C18H26N2O/c1-4-6-15-16(7-5-2)21-18(9-11-19-12-10-18)17-14(3)8-13-20(15)17/h6-8,13,19H,4-5,9-12H2,1-3H3/b15-6+,16-7+. The van der Waals surface area contributed by atoms with E-state index >= 15 is 0 Å². The fraction of sp³-hybridized carbons (Fsp3) is 0.556. The van der Waals surface area contributed by atoms with E-state index in [9.17, 15) is 0 Å². The lowest BCUT2D eigenvalue weighted by atomic mass is 9.85. The highest BCUT2D eigenvalue weighted by molar-refractivity contribution is 5.66. The molecule has 1 saturated heterocycles. The Hall–Kier alpha value is -1.48. The zero-order chi connectivity index (χ0) is 14.9. The molecule has 3 rings (SSSR count). The van der Waals surface area contributed by atoms with Crippen LogP contribution in [0.2, 0.25) is 0 Å². The minimum atomic E-state index is -0.148. The number of nitrogens with zero attached hydrogens (tertiary/aromatic N) is 1. The first-order valence-corrected chi connectivity index (χ1v) is 8.21. The highest BCUT2D eigenvalue weighted by Crippen LogP contribution is 2.46. The molecule has 3 heteroatoms. The Balaban J connectivity index is 2.17. The van der Waals surface area contributed by atoms with E-state index < -0.39 is 0 Å². The third-order valence-electron chi connectivity index (χ3n) is 4.54. The second-order valence-corrected chi connectivity index (χ2v) is 6.04. The van der Waals surface area contributed by atoms with Crippen LogP contribution in [-0.2, 0) is 10.3 Å². The highest BCUT2D eigenvalue weighted by Gasteiger charge is 2.44. The zero-order valence-electron chi connectivity index (χ0n) is 13.4. The number of hydrogen-bond acceptors (Lipinski definition) is 2. The Bertz CT molecular complexity index is 574. The van der Waals surface area contributed by atoms with Crippen molar-refractivity contribution >= 4 is 5.70 Å². The van der Waals surface area contributed by atoms with Crippen LogP contribution in [0.1, 0.15) is 50.8 Å². The van der Waals surface area contributed by atoms with Gasteiger partial charge in [0, 0.05) is 19.0 Å². The van der Waals surface area contributed by atoms with Crippen LogP contribution in [0.15, 0.2) is 30.2 Å². The number of rotatable bonds is 2. The number of nitrogens with one attached hydrogen (secondary N) is 1. The van der Waals surface area contributed by atoms with E-state index in [-0.39, 0.29) is 5.60 Å². The molecule has 1 aromatic rings. The molecule has 0 atom stereocenters. The van der Waals surface area contributed by atoms with Gasteiger partial charge in [0.25, 0.3) is 0 Å². The third kappa shape index (κ3) is 2.34. The molecule has 114 valence electrons. The van der Waals surface area contributed by atoms with E-state index in [0.29, 0.717) is 0 Å². The van der Waals surface area contributed by atoms with Crippen molar-refractivity contribution in [1.29, 1.82) is 0 Å². The number of piperidine rings is 1. The number of ether oxygens (including phenoxy) is 1. The van der Waals surface area contributed by atoms with Crippen LogP contribution in [0, 0.1) is 6.92 Å². The molecular weight excluding hydrogens is 260 g/mol. The van der Waals surface area contributed by atoms with Crippen molar-refractivity contribution in [2.75, 3.05) is 13.1 Å². The van der Waals surface area contributed by atoms with E-state index in [4.69, 9.17) is 4.74 Å². The van der Waals surface area contributed by atoms with Gasteiger partial charge in [-0.15, -0.1) is 0 Å². The average molecular weight is 286 g/mol. The number of fused-ring (bicyclic) bond motifs is 2. The quantitative estimate of drug-likeness (QED) is 0.891. The molecule has 21 heavy (non-hydrogen) atoms. The molecule has 3 nitrogen and oxygen atoms in total. The summed E-state index contributed by atoms with van der Waals surface area (Å²) in [5, 5.41) is 3.46. The molecule has 0 bridgehead atoms. The van der Waals surface area contributed by atoms with Crippen molar-refractivity contribution in [1.82, 2.24) is 9.88 Å². The second-order valence-electron chi connectivity index (χ2n) is 6.04. The molecule has 1 fully saturated rings. The summed E-state index contributed by atoms with van der Waals surface area (Å²) < 4.78 is 8.99. The monoisotopic (exact) mass is 286 g/mol. The van der Waals surface area contributed by atoms with Gasteiger partial charge in [0.1, 0.15) is 5.76 Å². The van der Waals surface area contributed by atoms with Gasteiger partial charge in [0.05, 0.1) is 11.4 Å². The Morgan fingerprint density at radius 2 is 1.95 bits per heavy atom. The Labute approximate surface area is 127 Å². The lowest BCUT2D eigenvalue weighted by Gasteiger charge is -2.44. The van der Waals surface area contributed by atoms with E-state index in [2.05, 4.69) is 55.1 Å². The maximum atomic E-state index is 6.62. The fourth-order valence-corrected chi connectivity index (χ4v) is 3.63. The van der Waals surface area contributed by atoms with Crippen molar-refractivity contribution in [2.24, 2.45) is 0 Å². The molecule has 0 amide bonds.